The van der Waals surface area contributed by atoms with Gasteiger partial charge in [0.25, 0.3) is 0 Å². The molecule has 0 radical (unpaired) electrons. The third kappa shape index (κ3) is 6.78. The zero-order chi connectivity index (χ0) is 31.2. The molecule has 1 aromatic heterocycles. The van der Waals surface area contributed by atoms with Crippen LogP contribution < -0.4 is 10.2 Å². The third-order valence-electron chi connectivity index (χ3n) is 7.53. The summed E-state index contributed by atoms with van der Waals surface area (Å²) < 4.78 is 109. The largest absolute Gasteiger partial charge is 0.375 e. The van der Waals surface area contributed by atoms with Crippen molar-refractivity contribution in [1.29, 1.82) is 5.26 Å². The maximum Gasteiger partial charge on any atom is 0.310 e. The topological polar surface area (TPSA) is 106 Å². The van der Waals surface area contributed by atoms with Crippen LogP contribution in [0.3, 0.4) is 0 Å². The van der Waals surface area contributed by atoms with E-state index in [0.29, 0.717) is 17.0 Å². The smallest absolute Gasteiger partial charge is 0.310 e. The first-order chi connectivity index (χ1) is 19.2. The van der Waals surface area contributed by atoms with Gasteiger partial charge in [0.1, 0.15) is 16.8 Å². The van der Waals surface area contributed by atoms with Gasteiger partial charge in [-0.15, -0.1) is 0 Å². The highest BCUT2D eigenvalue weighted by Gasteiger charge is 2.65. The number of pyridine rings is 1. The fourth-order valence-electron chi connectivity index (χ4n) is 5.35. The molecule has 0 aliphatic heterocycles. The highest BCUT2D eigenvalue weighted by Crippen LogP contribution is 3.02. The van der Waals surface area contributed by atoms with Gasteiger partial charge in [-0.25, -0.2) is 13.2 Å². The van der Waals surface area contributed by atoms with Crippen molar-refractivity contribution in [2.24, 2.45) is 5.92 Å². The summed E-state index contributed by atoms with van der Waals surface area (Å²) in [5.41, 5.74) is -3.04. The second-order valence-corrected chi connectivity index (χ2v) is 13.0. The summed E-state index contributed by atoms with van der Waals surface area (Å²) in [6.07, 6.45) is 0.292. The quantitative estimate of drug-likeness (QED) is 0.263. The van der Waals surface area contributed by atoms with E-state index in [0.717, 1.165) is 18.5 Å². The van der Waals surface area contributed by atoms with E-state index in [-0.39, 0.29) is 49.8 Å². The van der Waals surface area contributed by atoms with E-state index in [1.807, 2.05) is 0 Å². The Hall–Kier alpha value is -3.45. The molecule has 0 spiro atoms. The fraction of sp³-hybridized carbons (Fsp3) is 0.462. The number of hydrogen-bond donors (Lipinski definition) is 2. The van der Waals surface area contributed by atoms with Crippen LogP contribution in [0.25, 0.3) is 0 Å². The molecule has 2 saturated carbocycles. The number of halogens is 8. The van der Waals surface area contributed by atoms with Crippen molar-refractivity contribution in [1.82, 2.24) is 10.3 Å². The Morgan fingerprint density at radius 1 is 1.05 bits per heavy atom. The SMILES string of the molecule is N#CC1(O)CCCC1C(=O)N(c1ccc(S(F)(F)(F)(F)F)cc1)C(C(=O)NC1CCC(F)(F)CC1)c1cncc(F)c1. The van der Waals surface area contributed by atoms with E-state index in [4.69, 9.17) is 0 Å². The number of rotatable bonds is 7. The molecular formula is C26H26F8N4O3S. The lowest BCUT2D eigenvalue weighted by Crippen LogP contribution is -2.52. The summed E-state index contributed by atoms with van der Waals surface area (Å²) in [6.45, 7) is 0. The maximum absolute atomic E-state index is 14.3. The van der Waals surface area contributed by atoms with Crippen LogP contribution in [0.2, 0.25) is 0 Å². The summed E-state index contributed by atoms with van der Waals surface area (Å²) in [7, 11) is -10.1. The Morgan fingerprint density at radius 3 is 2.21 bits per heavy atom. The molecule has 2 amide bonds. The first-order valence-corrected chi connectivity index (χ1v) is 14.8. The number of aliphatic hydroxyl groups is 1. The Balaban J connectivity index is 1.83. The van der Waals surface area contributed by atoms with Gasteiger partial charge >= 0.3 is 10.2 Å². The average Bonchev–Trinajstić information content (AvgIpc) is 3.29. The van der Waals surface area contributed by atoms with Gasteiger partial charge in [0.05, 0.1) is 18.2 Å². The van der Waals surface area contributed by atoms with Gasteiger partial charge in [-0.3, -0.25) is 19.5 Å². The Bertz CT molecular complexity index is 1410. The van der Waals surface area contributed by atoms with Crippen LogP contribution in [0.4, 0.5) is 38.3 Å². The molecule has 2 aromatic rings. The predicted octanol–water partition coefficient (Wildman–Crippen LogP) is 6.70. The Morgan fingerprint density at radius 2 is 1.67 bits per heavy atom. The van der Waals surface area contributed by atoms with Gasteiger partial charge in [0.2, 0.25) is 17.7 Å². The Kier molecular flexibility index (Phi) is 7.56. The van der Waals surface area contributed by atoms with Gasteiger partial charge in [-0.05, 0) is 62.4 Å². The van der Waals surface area contributed by atoms with Crippen LogP contribution in [0.1, 0.15) is 56.6 Å². The lowest BCUT2D eigenvalue weighted by Gasteiger charge is -2.41. The lowest BCUT2D eigenvalue weighted by atomic mass is 9.89. The predicted molar refractivity (Wildman–Crippen MR) is 136 cm³/mol. The minimum Gasteiger partial charge on any atom is -0.375 e. The second kappa shape index (κ2) is 10.1. The normalized spacial score (nSPS) is 25.0. The molecule has 16 heteroatoms. The monoisotopic (exact) mass is 626 g/mol. The molecule has 3 unspecified atom stereocenters. The van der Waals surface area contributed by atoms with Gasteiger partial charge in [-0.2, -0.15) is 5.26 Å². The number of nitrogens with zero attached hydrogens (tertiary/aromatic N) is 3. The fourth-order valence-corrected chi connectivity index (χ4v) is 6.00. The van der Waals surface area contributed by atoms with E-state index in [9.17, 15) is 52.6 Å². The van der Waals surface area contributed by atoms with Gasteiger partial charge in [0.15, 0.2) is 5.60 Å². The van der Waals surface area contributed by atoms with Crippen molar-refractivity contribution in [3.05, 3.63) is 54.1 Å². The number of benzene rings is 1. The van der Waals surface area contributed by atoms with Gasteiger partial charge in [-0.1, -0.05) is 19.4 Å². The molecule has 0 bridgehead atoms. The lowest BCUT2D eigenvalue weighted by molar-refractivity contribution is -0.132. The molecule has 230 valence electrons. The molecule has 2 aliphatic rings. The number of nitriles is 1. The second-order valence-electron chi connectivity index (χ2n) is 10.6. The molecule has 3 atom stereocenters. The summed E-state index contributed by atoms with van der Waals surface area (Å²) >= 11 is 0. The van der Waals surface area contributed by atoms with Crippen molar-refractivity contribution in [2.45, 2.75) is 73.4 Å². The summed E-state index contributed by atoms with van der Waals surface area (Å²) in [5.74, 6) is -7.61. The van der Waals surface area contributed by atoms with Crippen molar-refractivity contribution in [3.63, 3.8) is 0 Å². The maximum atomic E-state index is 14.3. The number of nitrogens with one attached hydrogen (secondary N) is 1. The number of amides is 2. The van der Waals surface area contributed by atoms with Crippen molar-refractivity contribution in [3.8, 4) is 6.07 Å². The number of carbonyl (C=O) groups excluding carboxylic acids is 2. The van der Waals surface area contributed by atoms with Crippen molar-refractivity contribution in [2.75, 3.05) is 4.90 Å². The van der Waals surface area contributed by atoms with E-state index >= 15 is 0 Å². The van der Waals surface area contributed by atoms with E-state index < -0.39 is 80.8 Å². The van der Waals surface area contributed by atoms with Crippen molar-refractivity contribution >= 4 is 27.7 Å². The highest BCUT2D eigenvalue weighted by molar-refractivity contribution is 8.45. The van der Waals surface area contributed by atoms with Crippen LogP contribution in [-0.4, -0.2) is 39.5 Å². The van der Waals surface area contributed by atoms with Crippen LogP contribution in [0.15, 0.2) is 47.6 Å². The molecular weight excluding hydrogens is 600 g/mol. The first kappa shape index (κ1) is 31.5. The summed E-state index contributed by atoms with van der Waals surface area (Å²) in [6, 6.07) is 0.783. The molecule has 2 N–H and O–H groups in total. The minimum absolute atomic E-state index is 0.0182. The molecule has 7 nitrogen and oxygen atoms in total. The zero-order valence-electron chi connectivity index (χ0n) is 21.8. The van der Waals surface area contributed by atoms with Gasteiger partial charge in [0, 0.05) is 36.3 Å². The zero-order valence-corrected chi connectivity index (χ0v) is 22.6. The summed E-state index contributed by atoms with van der Waals surface area (Å²) in [5, 5.41) is 22.9. The van der Waals surface area contributed by atoms with Crippen LogP contribution in [0, 0.1) is 23.1 Å². The standard InChI is InChI=1S/C26H26F8N4O3S/c27-17-12-16(13-36-14-17)22(23(39)37-18-7-10-26(28,29)11-8-18)38(24(40)21-2-1-9-25(21,41)15-35)19-3-5-20(6-4-19)42(30,31,32,33)34/h3-6,12-14,18,21-22,41H,1-2,7-11H2,(H,37,39). The number of hydrogen-bond acceptors (Lipinski definition) is 5. The van der Waals surface area contributed by atoms with Crippen LogP contribution in [-0.2, 0) is 9.59 Å². The Labute approximate surface area is 235 Å². The van der Waals surface area contributed by atoms with Crippen molar-refractivity contribution < 1.29 is 47.3 Å². The average molecular weight is 627 g/mol. The van der Waals surface area contributed by atoms with Crippen LogP contribution >= 0.6 is 10.2 Å². The van der Waals surface area contributed by atoms with E-state index in [2.05, 4.69) is 10.3 Å². The number of anilines is 1. The van der Waals surface area contributed by atoms with E-state index in [1.54, 1.807) is 6.07 Å². The number of alkyl halides is 2. The van der Waals surface area contributed by atoms with E-state index in [1.165, 1.54) is 0 Å². The molecule has 42 heavy (non-hydrogen) atoms. The van der Waals surface area contributed by atoms with Crippen LogP contribution in [0.5, 0.6) is 0 Å². The molecule has 1 aromatic carbocycles. The molecule has 2 fully saturated rings. The summed E-state index contributed by atoms with van der Waals surface area (Å²) in [4.78, 5) is 29.7. The number of carbonyl (C=O) groups is 2. The minimum atomic E-state index is -10.1. The first-order valence-electron chi connectivity index (χ1n) is 12.8. The third-order valence-corrected chi connectivity index (χ3v) is 8.69. The number of aromatic nitrogens is 1. The molecule has 2 aliphatic carbocycles. The van der Waals surface area contributed by atoms with Gasteiger partial charge < -0.3 is 10.4 Å². The molecule has 1 heterocycles. The molecule has 4 rings (SSSR count). The highest BCUT2D eigenvalue weighted by atomic mass is 32.5. The molecule has 0 saturated heterocycles.